The number of thioether (sulfide) groups is 1. The number of aryl methyl sites for hydroxylation is 1. The topological polar surface area (TPSA) is 82.6 Å². The number of halogens is 1. The summed E-state index contributed by atoms with van der Waals surface area (Å²) in [4.78, 5) is 4.15. The first-order chi connectivity index (χ1) is 12.3. The fourth-order valence-electron chi connectivity index (χ4n) is 2.86. The van der Waals surface area contributed by atoms with Crippen molar-refractivity contribution in [3.8, 4) is 0 Å². The van der Waals surface area contributed by atoms with Crippen molar-refractivity contribution in [2.45, 2.75) is 37.5 Å². The van der Waals surface area contributed by atoms with Gasteiger partial charge in [-0.2, -0.15) is 11.8 Å². The molecule has 1 aromatic rings. The van der Waals surface area contributed by atoms with Gasteiger partial charge >= 0.3 is 0 Å². The molecule has 0 aromatic heterocycles. The minimum absolute atomic E-state index is 0.138. The monoisotopic (exact) mass is 402 g/mol. The number of sulfonamides is 1. The Kier molecular flexibility index (Phi) is 7.57. The Morgan fingerprint density at radius 2 is 2.15 bits per heavy atom. The van der Waals surface area contributed by atoms with E-state index in [0.717, 1.165) is 12.8 Å². The zero-order valence-electron chi connectivity index (χ0n) is 15.4. The van der Waals surface area contributed by atoms with E-state index in [4.69, 9.17) is 0 Å². The number of rotatable bonds is 7. The quantitative estimate of drug-likeness (QED) is 0.482. The van der Waals surface area contributed by atoms with Gasteiger partial charge in [-0.1, -0.05) is 6.07 Å². The van der Waals surface area contributed by atoms with Crippen molar-refractivity contribution < 1.29 is 12.8 Å². The Labute approximate surface area is 159 Å². The molecule has 6 nitrogen and oxygen atoms in total. The van der Waals surface area contributed by atoms with Crippen LogP contribution >= 0.6 is 11.8 Å². The summed E-state index contributed by atoms with van der Waals surface area (Å²) < 4.78 is 40.2. The van der Waals surface area contributed by atoms with Gasteiger partial charge in [0, 0.05) is 24.9 Å². The SMILES string of the molecule is CN=C(NCCS(=O)(=O)Nc1ccc(C)c(F)c1)NC1CCC(SC)C1. The highest BCUT2D eigenvalue weighted by molar-refractivity contribution is 7.99. The standard InChI is InChI=1S/C17H27FN4O2S2/c1-12-4-5-14(11-16(12)18)22-26(23,24)9-8-20-17(19-2)21-13-6-7-15(10-13)25-3/h4-5,11,13,15,22H,6-10H2,1-3H3,(H2,19,20,21). The van der Waals surface area contributed by atoms with E-state index in [9.17, 15) is 12.8 Å². The Morgan fingerprint density at radius 3 is 2.77 bits per heavy atom. The molecule has 146 valence electrons. The molecule has 3 N–H and O–H groups in total. The van der Waals surface area contributed by atoms with Crippen LogP contribution in [0.1, 0.15) is 24.8 Å². The summed E-state index contributed by atoms with van der Waals surface area (Å²) in [6.45, 7) is 1.84. The van der Waals surface area contributed by atoms with Crippen LogP contribution in [0, 0.1) is 12.7 Å². The summed E-state index contributed by atoms with van der Waals surface area (Å²) in [6, 6.07) is 4.64. The van der Waals surface area contributed by atoms with E-state index < -0.39 is 15.8 Å². The third-order valence-electron chi connectivity index (χ3n) is 4.39. The third kappa shape index (κ3) is 6.35. The number of hydrogen-bond donors (Lipinski definition) is 3. The zero-order valence-corrected chi connectivity index (χ0v) is 17.0. The van der Waals surface area contributed by atoms with Crippen LogP contribution in [-0.2, 0) is 10.0 Å². The fourth-order valence-corrected chi connectivity index (χ4v) is 4.62. The Hall–Kier alpha value is -1.48. The molecule has 2 atom stereocenters. The Bertz CT molecular complexity index is 740. The lowest BCUT2D eigenvalue weighted by Crippen LogP contribution is -2.44. The van der Waals surface area contributed by atoms with Crippen molar-refractivity contribution in [1.29, 1.82) is 0 Å². The molecule has 1 aromatic carbocycles. The molecule has 0 spiro atoms. The first kappa shape index (κ1) is 20.8. The van der Waals surface area contributed by atoms with Gasteiger partial charge in [-0.05, 0) is 50.1 Å². The van der Waals surface area contributed by atoms with Crippen LogP contribution in [0.5, 0.6) is 0 Å². The molecule has 0 heterocycles. The molecule has 0 amide bonds. The van der Waals surface area contributed by atoms with Crippen LogP contribution in [0.25, 0.3) is 0 Å². The number of nitrogens with zero attached hydrogens (tertiary/aromatic N) is 1. The molecule has 1 saturated carbocycles. The first-order valence-electron chi connectivity index (χ1n) is 8.59. The van der Waals surface area contributed by atoms with Crippen LogP contribution in [0.3, 0.4) is 0 Å². The summed E-state index contributed by atoms with van der Waals surface area (Å²) in [5.41, 5.74) is 0.699. The smallest absolute Gasteiger partial charge is 0.234 e. The second-order valence-electron chi connectivity index (χ2n) is 6.40. The van der Waals surface area contributed by atoms with Gasteiger partial charge in [0.1, 0.15) is 5.82 Å². The van der Waals surface area contributed by atoms with Crippen LogP contribution in [-0.4, -0.2) is 51.3 Å². The lowest BCUT2D eigenvalue weighted by Gasteiger charge is -2.17. The summed E-state index contributed by atoms with van der Waals surface area (Å²) in [6.07, 6.45) is 5.48. The molecule has 0 aliphatic heterocycles. The van der Waals surface area contributed by atoms with Gasteiger partial charge in [0.15, 0.2) is 5.96 Å². The van der Waals surface area contributed by atoms with E-state index in [1.54, 1.807) is 26.1 Å². The highest BCUT2D eigenvalue weighted by Crippen LogP contribution is 2.27. The molecule has 0 bridgehead atoms. The number of anilines is 1. The van der Waals surface area contributed by atoms with Crippen LogP contribution in [0.15, 0.2) is 23.2 Å². The molecule has 26 heavy (non-hydrogen) atoms. The minimum atomic E-state index is -3.57. The van der Waals surface area contributed by atoms with Crippen LogP contribution in [0.2, 0.25) is 0 Å². The fraction of sp³-hybridized carbons (Fsp3) is 0.588. The maximum atomic E-state index is 13.5. The van der Waals surface area contributed by atoms with Crippen molar-refractivity contribution in [2.24, 2.45) is 4.99 Å². The van der Waals surface area contributed by atoms with E-state index >= 15 is 0 Å². The molecule has 1 fully saturated rings. The van der Waals surface area contributed by atoms with E-state index in [2.05, 4.69) is 26.6 Å². The lowest BCUT2D eigenvalue weighted by atomic mass is 10.2. The Balaban J connectivity index is 1.80. The van der Waals surface area contributed by atoms with E-state index in [0.29, 0.717) is 22.8 Å². The van der Waals surface area contributed by atoms with Crippen molar-refractivity contribution >= 4 is 33.4 Å². The largest absolute Gasteiger partial charge is 0.355 e. The summed E-state index contributed by atoms with van der Waals surface area (Å²) in [5.74, 6) is 0.0303. The second kappa shape index (κ2) is 9.45. The van der Waals surface area contributed by atoms with Crippen molar-refractivity contribution in [1.82, 2.24) is 10.6 Å². The average molecular weight is 403 g/mol. The highest BCUT2D eigenvalue weighted by Gasteiger charge is 2.24. The number of nitrogens with one attached hydrogen (secondary N) is 3. The van der Waals surface area contributed by atoms with Gasteiger partial charge in [0.25, 0.3) is 0 Å². The lowest BCUT2D eigenvalue weighted by molar-refractivity contribution is 0.597. The molecular weight excluding hydrogens is 375 g/mol. The molecule has 2 rings (SSSR count). The van der Waals surface area contributed by atoms with Crippen molar-refractivity contribution in [2.75, 3.05) is 30.3 Å². The van der Waals surface area contributed by atoms with Gasteiger partial charge in [-0.3, -0.25) is 9.71 Å². The van der Waals surface area contributed by atoms with Crippen LogP contribution in [0.4, 0.5) is 10.1 Å². The van der Waals surface area contributed by atoms with Crippen molar-refractivity contribution in [3.05, 3.63) is 29.6 Å². The molecular formula is C17H27FN4O2S2. The summed E-state index contributed by atoms with van der Waals surface area (Å²) >= 11 is 1.88. The molecule has 0 saturated heterocycles. The number of hydrogen-bond acceptors (Lipinski definition) is 4. The van der Waals surface area contributed by atoms with Gasteiger partial charge in [-0.25, -0.2) is 12.8 Å². The molecule has 1 aliphatic rings. The zero-order chi connectivity index (χ0) is 19.2. The maximum Gasteiger partial charge on any atom is 0.234 e. The average Bonchev–Trinajstić information content (AvgIpc) is 3.04. The second-order valence-corrected chi connectivity index (χ2v) is 9.38. The van der Waals surface area contributed by atoms with Gasteiger partial charge in [0.05, 0.1) is 11.4 Å². The van der Waals surface area contributed by atoms with Gasteiger partial charge in [0.2, 0.25) is 10.0 Å². The molecule has 0 radical (unpaired) electrons. The number of aliphatic imine (C=N–C) groups is 1. The normalized spacial score (nSPS) is 20.8. The van der Waals surface area contributed by atoms with E-state index in [1.165, 1.54) is 12.5 Å². The summed E-state index contributed by atoms with van der Waals surface area (Å²) in [7, 11) is -1.91. The molecule has 1 aliphatic carbocycles. The predicted octanol–water partition coefficient (Wildman–Crippen LogP) is 2.32. The van der Waals surface area contributed by atoms with E-state index in [1.807, 2.05) is 11.8 Å². The highest BCUT2D eigenvalue weighted by atomic mass is 32.2. The maximum absolute atomic E-state index is 13.5. The van der Waals surface area contributed by atoms with Crippen molar-refractivity contribution in [3.63, 3.8) is 0 Å². The van der Waals surface area contributed by atoms with E-state index in [-0.39, 0.29) is 18.0 Å². The predicted molar refractivity (Wildman–Crippen MR) is 108 cm³/mol. The molecule has 2 unspecified atom stereocenters. The first-order valence-corrected chi connectivity index (χ1v) is 11.5. The Morgan fingerprint density at radius 1 is 1.38 bits per heavy atom. The van der Waals surface area contributed by atoms with Gasteiger partial charge < -0.3 is 10.6 Å². The van der Waals surface area contributed by atoms with Gasteiger partial charge in [-0.15, -0.1) is 0 Å². The minimum Gasteiger partial charge on any atom is -0.355 e. The molecule has 9 heteroatoms. The summed E-state index contributed by atoms with van der Waals surface area (Å²) in [5, 5.41) is 7.04. The third-order valence-corrected chi connectivity index (χ3v) is 6.77. The van der Waals surface area contributed by atoms with Crippen LogP contribution < -0.4 is 15.4 Å². The number of benzene rings is 1. The number of guanidine groups is 1.